The molecule has 1 aliphatic rings. The predicted octanol–water partition coefficient (Wildman–Crippen LogP) is 3.39. The Kier molecular flexibility index (Phi) is 4.32. The first-order chi connectivity index (χ1) is 6.38. The van der Waals surface area contributed by atoms with Crippen LogP contribution in [0.3, 0.4) is 0 Å². The molecule has 0 bridgehead atoms. The van der Waals surface area contributed by atoms with Crippen LogP contribution in [0.4, 0.5) is 0 Å². The van der Waals surface area contributed by atoms with Gasteiger partial charge in [0.05, 0.1) is 0 Å². The van der Waals surface area contributed by atoms with Gasteiger partial charge in [-0.3, -0.25) is 0 Å². The minimum atomic E-state index is 0.435. The molecular weight excluding hydrogens is 190 g/mol. The van der Waals surface area contributed by atoms with Crippen molar-refractivity contribution < 1.29 is 0 Å². The molecule has 0 aromatic carbocycles. The molecule has 0 aliphatic carbocycles. The van der Waals surface area contributed by atoms with Crippen molar-refractivity contribution in [2.45, 2.75) is 63.5 Å². The Morgan fingerprint density at radius 2 is 1.64 bits per heavy atom. The summed E-state index contributed by atoms with van der Waals surface area (Å²) < 4.78 is 0.435. The summed E-state index contributed by atoms with van der Waals surface area (Å²) in [4.78, 5) is 2.60. The fourth-order valence-electron chi connectivity index (χ4n) is 2.01. The van der Waals surface area contributed by atoms with Crippen LogP contribution in [0.25, 0.3) is 0 Å². The van der Waals surface area contributed by atoms with E-state index in [2.05, 4.69) is 51.3 Å². The fraction of sp³-hybridized carbons (Fsp3) is 1.00. The lowest BCUT2D eigenvalue weighted by Gasteiger charge is -2.36. The fourth-order valence-corrected chi connectivity index (χ4v) is 3.46. The molecule has 1 saturated heterocycles. The predicted molar refractivity (Wildman–Crippen MR) is 67.1 cm³/mol. The molecule has 0 spiro atoms. The van der Waals surface area contributed by atoms with Crippen LogP contribution in [-0.2, 0) is 0 Å². The van der Waals surface area contributed by atoms with Crippen molar-refractivity contribution in [2.24, 2.45) is 0 Å². The van der Waals surface area contributed by atoms with Gasteiger partial charge in [-0.25, -0.2) is 0 Å². The second-order valence-corrected chi connectivity index (χ2v) is 7.69. The van der Waals surface area contributed by atoms with Gasteiger partial charge in [0.15, 0.2) is 0 Å². The van der Waals surface area contributed by atoms with Crippen molar-refractivity contribution in [3.8, 4) is 0 Å². The number of piperidine rings is 1. The Morgan fingerprint density at radius 3 is 2.00 bits per heavy atom. The van der Waals surface area contributed by atoms with Gasteiger partial charge in [-0.05, 0) is 39.8 Å². The number of hydrogen-bond donors (Lipinski definition) is 0. The van der Waals surface area contributed by atoms with Crippen LogP contribution in [-0.4, -0.2) is 34.0 Å². The van der Waals surface area contributed by atoms with Gasteiger partial charge in [-0.1, -0.05) is 20.8 Å². The van der Waals surface area contributed by atoms with E-state index in [4.69, 9.17) is 0 Å². The molecular formula is C12H25NS. The lowest BCUT2D eigenvalue weighted by Crippen LogP contribution is -2.40. The van der Waals surface area contributed by atoms with Crippen LogP contribution in [0.1, 0.15) is 47.5 Å². The molecule has 1 rings (SSSR count). The van der Waals surface area contributed by atoms with Crippen molar-refractivity contribution in [1.82, 2.24) is 4.90 Å². The maximum Gasteiger partial charge on any atom is 0.00778 e. The van der Waals surface area contributed by atoms with Crippen LogP contribution >= 0.6 is 11.8 Å². The van der Waals surface area contributed by atoms with E-state index in [0.717, 1.165) is 11.3 Å². The van der Waals surface area contributed by atoms with Crippen LogP contribution in [0.2, 0.25) is 0 Å². The molecule has 84 valence electrons. The molecule has 0 unspecified atom stereocenters. The quantitative estimate of drug-likeness (QED) is 0.694. The molecule has 1 heterocycles. The number of thioether (sulfide) groups is 1. The molecule has 0 saturated carbocycles. The Labute approximate surface area is 93.6 Å². The summed E-state index contributed by atoms with van der Waals surface area (Å²) in [5.74, 6) is 0. The molecule has 0 radical (unpaired) electrons. The minimum Gasteiger partial charge on any atom is -0.301 e. The van der Waals surface area contributed by atoms with Crippen molar-refractivity contribution in [2.75, 3.05) is 13.1 Å². The monoisotopic (exact) mass is 215 g/mol. The summed E-state index contributed by atoms with van der Waals surface area (Å²) in [5, 5.41) is 0.894. The molecule has 14 heavy (non-hydrogen) atoms. The third-order valence-electron chi connectivity index (χ3n) is 2.73. The highest BCUT2D eigenvalue weighted by Gasteiger charge is 2.24. The van der Waals surface area contributed by atoms with Gasteiger partial charge in [0.25, 0.3) is 0 Å². The van der Waals surface area contributed by atoms with Crippen LogP contribution in [0, 0.1) is 0 Å². The number of hydrogen-bond acceptors (Lipinski definition) is 2. The van der Waals surface area contributed by atoms with Crippen molar-refractivity contribution in [1.29, 1.82) is 0 Å². The molecule has 0 aromatic heterocycles. The van der Waals surface area contributed by atoms with E-state index < -0.39 is 0 Å². The maximum atomic E-state index is 2.60. The first-order valence-electron chi connectivity index (χ1n) is 5.80. The minimum absolute atomic E-state index is 0.435. The molecule has 0 N–H and O–H groups in total. The largest absolute Gasteiger partial charge is 0.301 e. The van der Waals surface area contributed by atoms with Gasteiger partial charge in [0.2, 0.25) is 0 Å². The summed E-state index contributed by atoms with van der Waals surface area (Å²) in [5.41, 5.74) is 0. The number of nitrogens with zero attached hydrogens (tertiary/aromatic N) is 1. The van der Waals surface area contributed by atoms with Crippen molar-refractivity contribution in [3.05, 3.63) is 0 Å². The maximum absolute atomic E-state index is 2.60. The Hall–Kier alpha value is 0.310. The van der Waals surface area contributed by atoms with E-state index in [0.29, 0.717) is 4.75 Å². The molecule has 2 heteroatoms. The first-order valence-corrected chi connectivity index (χ1v) is 6.68. The van der Waals surface area contributed by atoms with Gasteiger partial charge in [-0.15, -0.1) is 0 Å². The van der Waals surface area contributed by atoms with Crippen LogP contribution in [0.15, 0.2) is 0 Å². The third-order valence-corrected chi connectivity index (χ3v) is 4.24. The molecule has 0 aromatic rings. The van der Waals surface area contributed by atoms with Gasteiger partial charge in [0, 0.05) is 16.0 Å². The normalized spacial score (nSPS) is 21.9. The van der Waals surface area contributed by atoms with E-state index in [9.17, 15) is 0 Å². The highest BCUT2D eigenvalue weighted by atomic mass is 32.2. The lowest BCUT2D eigenvalue weighted by atomic mass is 10.1. The summed E-state index contributed by atoms with van der Waals surface area (Å²) in [6.45, 7) is 14.2. The topological polar surface area (TPSA) is 3.24 Å². The standard InChI is InChI=1S/C12H25NS/c1-10(2)13-8-6-11(7-9-13)14-12(3,4)5/h10-11H,6-9H2,1-5H3. The highest BCUT2D eigenvalue weighted by molar-refractivity contribution is 8.01. The van der Waals surface area contributed by atoms with Gasteiger partial charge >= 0.3 is 0 Å². The average molecular weight is 215 g/mol. The Morgan fingerprint density at radius 1 is 1.14 bits per heavy atom. The van der Waals surface area contributed by atoms with E-state index in [1.165, 1.54) is 25.9 Å². The van der Waals surface area contributed by atoms with Crippen molar-refractivity contribution >= 4 is 11.8 Å². The van der Waals surface area contributed by atoms with Crippen molar-refractivity contribution in [3.63, 3.8) is 0 Å². The van der Waals surface area contributed by atoms with Crippen LogP contribution in [0.5, 0.6) is 0 Å². The zero-order valence-corrected chi connectivity index (χ0v) is 11.2. The molecule has 1 nitrogen and oxygen atoms in total. The molecule has 0 amide bonds. The van der Waals surface area contributed by atoms with E-state index in [1.54, 1.807) is 0 Å². The lowest BCUT2D eigenvalue weighted by molar-refractivity contribution is 0.188. The van der Waals surface area contributed by atoms with E-state index >= 15 is 0 Å². The SMILES string of the molecule is CC(C)N1CCC(SC(C)(C)C)CC1. The molecule has 1 aliphatic heterocycles. The Bertz CT molecular complexity index is 164. The third kappa shape index (κ3) is 4.22. The van der Waals surface area contributed by atoms with Gasteiger partial charge in [0.1, 0.15) is 0 Å². The Balaban J connectivity index is 2.29. The summed E-state index contributed by atoms with van der Waals surface area (Å²) in [6.07, 6.45) is 2.75. The second kappa shape index (κ2) is 4.89. The second-order valence-electron chi connectivity index (χ2n) is 5.56. The summed E-state index contributed by atoms with van der Waals surface area (Å²) >= 11 is 2.16. The number of likely N-dealkylation sites (tertiary alicyclic amines) is 1. The first kappa shape index (κ1) is 12.4. The summed E-state index contributed by atoms with van der Waals surface area (Å²) in [7, 11) is 0. The summed E-state index contributed by atoms with van der Waals surface area (Å²) in [6, 6.07) is 0.732. The van der Waals surface area contributed by atoms with Gasteiger partial charge < -0.3 is 4.90 Å². The molecule has 0 atom stereocenters. The molecule has 1 fully saturated rings. The zero-order valence-electron chi connectivity index (χ0n) is 10.3. The van der Waals surface area contributed by atoms with Gasteiger partial charge in [-0.2, -0.15) is 11.8 Å². The number of rotatable bonds is 2. The van der Waals surface area contributed by atoms with Crippen LogP contribution < -0.4 is 0 Å². The van der Waals surface area contributed by atoms with E-state index in [-0.39, 0.29) is 0 Å². The average Bonchev–Trinajstić information content (AvgIpc) is 2.02. The van der Waals surface area contributed by atoms with E-state index in [1.807, 2.05) is 0 Å². The highest BCUT2D eigenvalue weighted by Crippen LogP contribution is 2.33. The zero-order chi connectivity index (χ0) is 10.8. The smallest absolute Gasteiger partial charge is 0.00778 e.